The molecule has 0 unspecified atom stereocenters. The normalized spacial score (nSPS) is 11.2. The summed E-state index contributed by atoms with van der Waals surface area (Å²) in [6.07, 6.45) is 0.903. The van der Waals surface area contributed by atoms with Crippen molar-refractivity contribution in [2.75, 3.05) is 0 Å². The maximum Gasteiger partial charge on any atom is 0.248 e. The zero-order chi connectivity index (χ0) is 22.5. The maximum absolute atomic E-state index is 11.5. The predicted molar refractivity (Wildman–Crippen MR) is 130 cm³/mol. The van der Waals surface area contributed by atoms with Crippen molar-refractivity contribution in [2.45, 2.75) is 51.3 Å². The Kier molecular flexibility index (Phi) is 7.52. The van der Waals surface area contributed by atoms with E-state index >= 15 is 0 Å². The quantitative estimate of drug-likeness (QED) is 0.465. The van der Waals surface area contributed by atoms with Gasteiger partial charge in [-0.05, 0) is 66.6 Å². The van der Waals surface area contributed by atoms with Gasteiger partial charge < -0.3 is 11.5 Å². The van der Waals surface area contributed by atoms with E-state index in [0.29, 0.717) is 18.0 Å². The number of hydrogen-bond donors (Lipinski definition) is 2. The first-order chi connectivity index (χ1) is 14.8. The molecule has 5 heteroatoms. The van der Waals surface area contributed by atoms with Crippen LogP contribution in [0.3, 0.4) is 0 Å². The summed E-state index contributed by atoms with van der Waals surface area (Å²) in [5.41, 5.74) is 20.3. The highest BCUT2D eigenvalue weighted by atomic mass is 32.2. The first-order valence-electron chi connectivity index (χ1n) is 10.6. The van der Waals surface area contributed by atoms with Crippen LogP contribution in [0, 0.1) is 19.8 Å². The van der Waals surface area contributed by atoms with E-state index in [0.717, 1.165) is 34.0 Å². The molecule has 31 heavy (non-hydrogen) atoms. The monoisotopic (exact) mass is 433 g/mol. The molecule has 0 spiro atoms. The van der Waals surface area contributed by atoms with Crippen molar-refractivity contribution in [1.29, 1.82) is 0 Å². The number of rotatable bonds is 8. The average Bonchev–Trinajstić information content (AvgIpc) is 2.73. The molecule has 1 amide bonds. The Morgan fingerprint density at radius 1 is 1.06 bits per heavy atom. The number of primary amides is 1. The van der Waals surface area contributed by atoms with Gasteiger partial charge in [-0.1, -0.05) is 49.7 Å². The van der Waals surface area contributed by atoms with Crippen molar-refractivity contribution >= 4 is 17.7 Å². The second kappa shape index (κ2) is 10.1. The minimum atomic E-state index is -0.413. The Balaban J connectivity index is 2.08. The number of hydrogen-bond acceptors (Lipinski definition) is 4. The van der Waals surface area contributed by atoms with Gasteiger partial charge in [0.2, 0.25) is 5.91 Å². The zero-order valence-corrected chi connectivity index (χ0v) is 19.6. The minimum Gasteiger partial charge on any atom is -0.366 e. The van der Waals surface area contributed by atoms with Gasteiger partial charge in [0.05, 0.1) is 0 Å². The van der Waals surface area contributed by atoms with Crippen molar-refractivity contribution in [3.05, 3.63) is 82.2 Å². The highest BCUT2D eigenvalue weighted by Crippen LogP contribution is 2.36. The zero-order valence-electron chi connectivity index (χ0n) is 18.7. The lowest BCUT2D eigenvalue weighted by Gasteiger charge is -2.21. The van der Waals surface area contributed by atoms with Gasteiger partial charge in [0.25, 0.3) is 0 Å². The molecule has 0 aliphatic heterocycles. The molecule has 162 valence electrons. The molecule has 4 N–H and O–H groups in total. The van der Waals surface area contributed by atoms with Crippen molar-refractivity contribution in [1.82, 2.24) is 4.98 Å². The number of carbonyl (C=O) groups excluding carboxylic acids is 1. The van der Waals surface area contributed by atoms with E-state index in [4.69, 9.17) is 16.5 Å². The van der Waals surface area contributed by atoms with Crippen molar-refractivity contribution in [3.63, 3.8) is 0 Å². The average molecular weight is 434 g/mol. The van der Waals surface area contributed by atoms with Gasteiger partial charge >= 0.3 is 0 Å². The second-order valence-corrected chi connectivity index (χ2v) is 9.37. The van der Waals surface area contributed by atoms with E-state index in [9.17, 15) is 4.79 Å². The van der Waals surface area contributed by atoms with Crippen LogP contribution >= 0.6 is 11.8 Å². The summed E-state index contributed by atoms with van der Waals surface area (Å²) < 4.78 is 0. The number of nitrogens with zero attached hydrogens (tertiary/aromatic N) is 1. The molecule has 0 radical (unpaired) electrons. The molecule has 0 bridgehead atoms. The molecule has 3 aromatic rings. The number of amides is 1. The molecule has 2 aromatic carbocycles. The third-order valence-corrected chi connectivity index (χ3v) is 6.36. The lowest BCUT2D eigenvalue weighted by atomic mass is 9.90. The van der Waals surface area contributed by atoms with Gasteiger partial charge in [0, 0.05) is 34.1 Å². The molecular formula is C26H31N3OS. The third kappa shape index (κ3) is 5.54. The highest BCUT2D eigenvalue weighted by Gasteiger charge is 2.19. The Labute approximate surface area is 189 Å². The van der Waals surface area contributed by atoms with Crippen LogP contribution < -0.4 is 11.5 Å². The van der Waals surface area contributed by atoms with Crippen LogP contribution in [-0.2, 0) is 18.7 Å². The van der Waals surface area contributed by atoms with E-state index < -0.39 is 5.91 Å². The van der Waals surface area contributed by atoms with E-state index in [1.807, 2.05) is 18.2 Å². The summed E-state index contributed by atoms with van der Waals surface area (Å²) in [5.74, 6) is 0.822. The number of aryl methyl sites for hydroxylation is 2. The fraction of sp³-hybridized carbons (Fsp3) is 0.308. The summed E-state index contributed by atoms with van der Waals surface area (Å²) in [4.78, 5) is 17.5. The molecular weight excluding hydrogens is 402 g/mol. The number of nitrogens with two attached hydrogens (primary N) is 2. The largest absolute Gasteiger partial charge is 0.366 e. The molecule has 3 rings (SSSR count). The van der Waals surface area contributed by atoms with E-state index in [2.05, 4.69) is 52.0 Å². The molecule has 0 atom stereocenters. The Morgan fingerprint density at radius 3 is 2.39 bits per heavy atom. The fourth-order valence-corrected chi connectivity index (χ4v) is 4.81. The van der Waals surface area contributed by atoms with Crippen molar-refractivity contribution < 1.29 is 4.79 Å². The van der Waals surface area contributed by atoms with Crippen LogP contribution in [-0.4, -0.2) is 10.9 Å². The predicted octanol–water partition coefficient (Wildman–Crippen LogP) is 5.41. The molecule has 0 saturated carbocycles. The lowest BCUT2D eigenvalue weighted by Crippen LogP contribution is -2.13. The van der Waals surface area contributed by atoms with Crippen LogP contribution in [0.1, 0.15) is 52.3 Å². The Morgan fingerprint density at radius 2 is 1.77 bits per heavy atom. The van der Waals surface area contributed by atoms with Crippen molar-refractivity contribution in [3.8, 4) is 11.1 Å². The first kappa shape index (κ1) is 23.0. The molecule has 1 heterocycles. The van der Waals surface area contributed by atoms with Crippen LogP contribution in [0.4, 0.5) is 0 Å². The van der Waals surface area contributed by atoms with Gasteiger partial charge in [-0.15, -0.1) is 11.8 Å². The topological polar surface area (TPSA) is 82.0 Å². The van der Waals surface area contributed by atoms with E-state index in [1.165, 1.54) is 22.3 Å². The number of benzene rings is 2. The molecule has 1 aromatic heterocycles. The second-order valence-electron chi connectivity index (χ2n) is 8.32. The Hall–Kier alpha value is -2.63. The van der Waals surface area contributed by atoms with E-state index in [1.54, 1.807) is 17.8 Å². The first-order valence-corrected chi connectivity index (χ1v) is 11.6. The molecule has 0 saturated heterocycles. The molecule has 0 fully saturated rings. The summed E-state index contributed by atoms with van der Waals surface area (Å²) >= 11 is 1.68. The van der Waals surface area contributed by atoms with Crippen LogP contribution in [0.5, 0.6) is 0 Å². The van der Waals surface area contributed by atoms with Gasteiger partial charge in [-0.2, -0.15) is 0 Å². The van der Waals surface area contributed by atoms with Gasteiger partial charge in [0.1, 0.15) is 0 Å². The van der Waals surface area contributed by atoms with Gasteiger partial charge in [-0.25, -0.2) is 0 Å². The molecule has 0 aliphatic carbocycles. The highest BCUT2D eigenvalue weighted by molar-refractivity contribution is 7.98. The number of thioether (sulfide) groups is 1. The van der Waals surface area contributed by atoms with Crippen LogP contribution in [0.25, 0.3) is 11.1 Å². The SMILES string of the molecule is Cc1ccc(-c2c(CSc3cccc(C(N)=O)c3)c(C)nc(CC(C)C)c2CN)cc1. The minimum absolute atomic E-state index is 0.413. The Bertz CT molecular complexity index is 1070. The number of carbonyl (C=O) groups is 1. The van der Waals surface area contributed by atoms with Crippen molar-refractivity contribution in [2.24, 2.45) is 17.4 Å². The maximum atomic E-state index is 11.5. The lowest BCUT2D eigenvalue weighted by molar-refractivity contribution is 0.1000. The van der Waals surface area contributed by atoms with E-state index in [-0.39, 0.29) is 0 Å². The summed E-state index contributed by atoms with van der Waals surface area (Å²) in [7, 11) is 0. The standard InChI is InChI=1S/C26H31N3OS/c1-16(2)12-24-22(14-27)25(19-10-8-17(3)9-11-19)23(18(4)29-24)15-31-21-7-5-6-20(13-21)26(28)30/h5-11,13,16H,12,14-15,27H2,1-4H3,(H2,28,30). The molecule has 0 aliphatic rings. The fourth-order valence-electron chi connectivity index (χ4n) is 3.76. The van der Waals surface area contributed by atoms with Crippen LogP contribution in [0.15, 0.2) is 53.4 Å². The van der Waals surface area contributed by atoms with Gasteiger partial charge in [0.15, 0.2) is 0 Å². The van der Waals surface area contributed by atoms with Gasteiger partial charge in [-0.3, -0.25) is 9.78 Å². The molecule has 4 nitrogen and oxygen atoms in total. The summed E-state index contributed by atoms with van der Waals surface area (Å²) in [6.45, 7) is 9.04. The summed E-state index contributed by atoms with van der Waals surface area (Å²) in [6, 6.07) is 16.1. The number of pyridine rings is 1. The number of aromatic nitrogens is 1. The third-order valence-electron chi connectivity index (χ3n) is 5.34. The van der Waals surface area contributed by atoms with Crippen LogP contribution in [0.2, 0.25) is 0 Å². The summed E-state index contributed by atoms with van der Waals surface area (Å²) in [5, 5.41) is 0. The smallest absolute Gasteiger partial charge is 0.248 e.